The van der Waals surface area contributed by atoms with Crippen molar-refractivity contribution in [2.24, 2.45) is 0 Å². The van der Waals surface area contributed by atoms with Gasteiger partial charge in [0.1, 0.15) is 5.82 Å². The molecule has 2 saturated heterocycles. The van der Waals surface area contributed by atoms with Gasteiger partial charge in [-0.05, 0) is 67.6 Å². The van der Waals surface area contributed by atoms with Crippen LogP contribution in [0.3, 0.4) is 0 Å². The highest BCUT2D eigenvalue weighted by molar-refractivity contribution is 5.92. The monoisotopic (exact) mass is 464 g/mol. The van der Waals surface area contributed by atoms with E-state index in [1.807, 2.05) is 12.1 Å². The van der Waals surface area contributed by atoms with E-state index in [4.69, 9.17) is 0 Å². The van der Waals surface area contributed by atoms with Gasteiger partial charge in [0.05, 0.1) is 6.42 Å². The molecule has 5 rings (SSSR count). The number of nitrogens with zero attached hydrogens (tertiary/aromatic N) is 3. The molecular formula is C28H37FN4O. The molecule has 182 valence electrons. The topological polar surface area (TPSA) is 38.8 Å². The van der Waals surface area contributed by atoms with Crippen molar-refractivity contribution in [1.82, 2.24) is 9.80 Å². The third-order valence-electron chi connectivity index (χ3n) is 7.94. The van der Waals surface area contributed by atoms with Crippen LogP contribution in [0.5, 0.6) is 0 Å². The van der Waals surface area contributed by atoms with Gasteiger partial charge >= 0.3 is 0 Å². The fourth-order valence-corrected chi connectivity index (χ4v) is 6.02. The number of hydrogen-bond donors (Lipinski definition) is 1. The zero-order valence-corrected chi connectivity index (χ0v) is 20.1. The van der Waals surface area contributed by atoms with Crippen molar-refractivity contribution in [2.45, 2.75) is 57.0 Å². The van der Waals surface area contributed by atoms with E-state index in [0.717, 1.165) is 24.8 Å². The molecule has 2 aromatic carbocycles. The molecular weight excluding hydrogens is 427 g/mol. The number of amides is 1. The van der Waals surface area contributed by atoms with Crippen molar-refractivity contribution in [2.75, 3.05) is 49.5 Å². The second-order valence-corrected chi connectivity index (χ2v) is 10.1. The van der Waals surface area contributed by atoms with Gasteiger partial charge in [0.15, 0.2) is 0 Å². The molecule has 0 spiro atoms. The molecule has 34 heavy (non-hydrogen) atoms. The predicted octanol–water partition coefficient (Wildman–Crippen LogP) is 4.54. The van der Waals surface area contributed by atoms with Crippen LogP contribution in [0.1, 0.15) is 44.1 Å². The van der Waals surface area contributed by atoms with Crippen LogP contribution in [0.4, 0.5) is 15.8 Å². The highest BCUT2D eigenvalue weighted by atomic mass is 19.1. The summed E-state index contributed by atoms with van der Waals surface area (Å²) < 4.78 is 13.3. The van der Waals surface area contributed by atoms with Crippen LogP contribution in [0.15, 0.2) is 48.5 Å². The van der Waals surface area contributed by atoms with E-state index in [-0.39, 0.29) is 18.1 Å². The first-order valence-corrected chi connectivity index (χ1v) is 13.0. The number of anilines is 2. The van der Waals surface area contributed by atoms with Gasteiger partial charge in [0, 0.05) is 62.7 Å². The van der Waals surface area contributed by atoms with Gasteiger partial charge in [-0.3, -0.25) is 14.6 Å². The second-order valence-electron chi connectivity index (χ2n) is 10.1. The van der Waals surface area contributed by atoms with E-state index in [0.29, 0.717) is 11.6 Å². The highest BCUT2D eigenvalue weighted by Gasteiger charge is 2.30. The van der Waals surface area contributed by atoms with Gasteiger partial charge in [-0.25, -0.2) is 4.39 Å². The minimum absolute atomic E-state index is 0.132. The summed E-state index contributed by atoms with van der Waals surface area (Å²) in [6, 6.07) is 15.9. The second kappa shape index (κ2) is 10.9. The molecule has 1 saturated carbocycles. The Hall–Kier alpha value is -2.44. The molecule has 2 aliphatic heterocycles. The quantitative estimate of drug-likeness (QED) is 0.682. The lowest BCUT2D eigenvalue weighted by molar-refractivity contribution is -0.115. The summed E-state index contributed by atoms with van der Waals surface area (Å²) in [5, 5.41) is 2.92. The normalized spacial score (nSPS) is 21.1. The fourth-order valence-electron chi connectivity index (χ4n) is 6.02. The minimum Gasteiger partial charge on any atom is -0.371 e. The number of nitrogens with one attached hydrogen (secondary N) is 1. The smallest absolute Gasteiger partial charge is 0.228 e. The van der Waals surface area contributed by atoms with E-state index in [9.17, 15) is 9.18 Å². The zero-order chi connectivity index (χ0) is 23.3. The Morgan fingerprint density at radius 3 is 2.06 bits per heavy atom. The van der Waals surface area contributed by atoms with Crippen molar-refractivity contribution < 1.29 is 9.18 Å². The van der Waals surface area contributed by atoms with Gasteiger partial charge in [0.2, 0.25) is 5.91 Å². The van der Waals surface area contributed by atoms with E-state index < -0.39 is 0 Å². The van der Waals surface area contributed by atoms with Gasteiger partial charge in [-0.1, -0.05) is 25.0 Å². The van der Waals surface area contributed by atoms with Crippen LogP contribution >= 0.6 is 0 Å². The molecule has 1 amide bonds. The van der Waals surface area contributed by atoms with Crippen LogP contribution < -0.4 is 10.2 Å². The lowest BCUT2D eigenvalue weighted by atomic mass is 10.0. The first-order chi connectivity index (χ1) is 16.6. The maximum Gasteiger partial charge on any atom is 0.228 e. The van der Waals surface area contributed by atoms with Crippen LogP contribution in [0.2, 0.25) is 0 Å². The third kappa shape index (κ3) is 5.78. The molecule has 0 unspecified atom stereocenters. The molecule has 3 aliphatic rings. The zero-order valence-electron chi connectivity index (χ0n) is 20.1. The van der Waals surface area contributed by atoms with Gasteiger partial charge in [-0.15, -0.1) is 0 Å². The SMILES string of the molecule is O=C(Cc1cccc(F)c1)Nc1ccc(N2CCC(N3CCN(C4CCCC4)CC3)CC2)cc1. The summed E-state index contributed by atoms with van der Waals surface area (Å²) >= 11 is 0. The first-order valence-electron chi connectivity index (χ1n) is 13.0. The molecule has 0 radical (unpaired) electrons. The van der Waals surface area contributed by atoms with E-state index >= 15 is 0 Å². The van der Waals surface area contributed by atoms with E-state index in [1.165, 1.54) is 82.5 Å². The molecule has 5 nitrogen and oxygen atoms in total. The fraction of sp³-hybridized carbons (Fsp3) is 0.536. The molecule has 2 heterocycles. The van der Waals surface area contributed by atoms with Crippen molar-refractivity contribution in [3.8, 4) is 0 Å². The van der Waals surface area contributed by atoms with Crippen LogP contribution in [0.25, 0.3) is 0 Å². The number of carbonyl (C=O) groups excluding carboxylic acids is 1. The summed E-state index contributed by atoms with van der Waals surface area (Å²) in [4.78, 5) is 20.3. The number of carbonyl (C=O) groups is 1. The maximum atomic E-state index is 13.3. The average molecular weight is 465 g/mol. The summed E-state index contributed by atoms with van der Waals surface area (Å²) in [6.45, 7) is 7.11. The summed E-state index contributed by atoms with van der Waals surface area (Å²) in [7, 11) is 0. The van der Waals surface area contributed by atoms with Crippen molar-refractivity contribution in [3.05, 3.63) is 59.9 Å². The molecule has 1 aliphatic carbocycles. The number of halogens is 1. The van der Waals surface area contributed by atoms with Gasteiger partial charge in [-0.2, -0.15) is 0 Å². The highest BCUT2D eigenvalue weighted by Crippen LogP contribution is 2.27. The average Bonchev–Trinajstić information content (AvgIpc) is 3.40. The van der Waals surface area contributed by atoms with E-state index in [1.54, 1.807) is 12.1 Å². The van der Waals surface area contributed by atoms with Crippen LogP contribution in [0, 0.1) is 5.82 Å². The Kier molecular flexibility index (Phi) is 7.45. The summed E-state index contributed by atoms with van der Waals surface area (Å²) in [5.74, 6) is -0.447. The van der Waals surface area contributed by atoms with E-state index in [2.05, 4.69) is 32.1 Å². The molecule has 1 N–H and O–H groups in total. The van der Waals surface area contributed by atoms with Crippen molar-refractivity contribution in [3.63, 3.8) is 0 Å². The number of hydrogen-bond acceptors (Lipinski definition) is 4. The van der Waals surface area contributed by atoms with Crippen LogP contribution in [-0.4, -0.2) is 67.1 Å². The lowest BCUT2D eigenvalue weighted by Crippen LogP contribution is -2.54. The molecule has 0 aromatic heterocycles. The molecule has 6 heteroatoms. The number of piperidine rings is 1. The van der Waals surface area contributed by atoms with Crippen molar-refractivity contribution in [1.29, 1.82) is 0 Å². The first kappa shape index (κ1) is 23.3. The number of piperazine rings is 1. The third-order valence-corrected chi connectivity index (χ3v) is 7.94. The van der Waals surface area contributed by atoms with Gasteiger partial charge < -0.3 is 10.2 Å². The standard InChI is InChI=1S/C28H37FN4O/c29-23-5-3-4-22(20-23)21-28(34)30-24-8-10-26(11-9-24)31-14-12-27(13-15-31)33-18-16-32(17-19-33)25-6-1-2-7-25/h3-5,8-11,20,25,27H,1-2,6-7,12-19,21H2,(H,30,34). The minimum atomic E-state index is -0.315. The lowest BCUT2D eigenvalue weighted by Gasteiger charge is -2.44. The Morgan fingerprint density at radius 2 is 1.44 bits per heavy atom. The molecule has 0 bridgehead atoms. The predicted molar refractivity (Wildman–Crippen MR) is 136 cm³/mol. The number of benzene rings is 2. The summed E-state index contributed by atoms with van der Waals surface area (Å²) in [6.07, 6.45) is 8.27. The molecule has 2 aromatic rings. The van der Waals surface area contributed by atoms with Crippen molar-refractivity contribution >= 4 is 17.3 Å². The Bertz CT molecular complexity index is 943. The Morgan fingerprint density at radius 1 is 0.824 bits per heavy atom. The molecule has 0 atom stereocenters. The van der Waals surface area contributed by atoms with Gasteiger partial charge in [0.25, 0.3) is 0 Å². The molecule has 3 fully saturated rings. The Balaban J connectivity index is 1.06. The Labute approximate surface area is 202 Å². The largest absolute Gasteiger partial charge is 0.371 e. The summed E-state index contributed by atoms with van der Waals surface area (Å²) in [5.41, 5.74) is 2.67. The van der Waals surface area contributed by atoms with Crippen LogP contribution in [-0.2, 0) is 11.2 Å². The maximum absolute atomic E-state index is 13.3. The number of rotatable bonds is 6.